The van der Waals surface area contributed by atoms with Crippen LogP contribution in [0.2, 0.25) is 0 Å². The van der Waals surface area contributed by atoms with Crippen LogP contribution in [0.3, 0.4) is 0 Å². The number of hydrogen-bond acceptors (Lipinski definition) is 3. The molecule has 2 rings (SSSR count). The molecule has 1 aliphatic heterocycles. The highest BCUT2D eigenvalue weighted by molar-refractivity contribution is 5.27. The fourth-order valence-electron chi connectivity index (χ4n) is 2.43. The Morgan fingerprint density at radius 2 is 1.90 bits per heavy atom. The maximum atomic E-state index is 5.81. The molecule has 20 heavy (non-hydrogen) atoms. The number of rotatable bonds is 7. The van der Waals surface area contributed by atoms with E-state index >= 15 is 0 Å². The van der Waals surface area contributed by atoms with E-state index in [0.29, 0.717) is 0 Å². The largest absolute Gasteiger partial charge is 0.492 e. The molecule has 3 heteroatoms. The normalized spacial score (nSPS) is 15.8. The Hall–Kier alpha value is -1.48. The molecule has 0 atom stereocenters. The fraction of sp³-hybridized carbons (Fsp3) is 0.529. The summed E-state index contributed by atoms with van der Waals surface area (Å²) in [5.41, 5.74) is 2.24. The molecule has 0 aromatic heterocycles. The fourth-order valence-corrected chi connectivity index (χ4v) is 2.43. The molecule has 0 saturated carbocycles. The molecule has 110 valence electrons. The molecule has 1 aliphatic rings. The van der Waals surface area contributed by atoms with Gasteiger partial charge < -0.3 is 10.1 Å². The van der Waals surface area contributed by atoms with Crippen molar-refractivity contribution in [2.75, 3.05) is 26.2 Å². The second-order valence-corrected chi connectivity index (χ2v) is 5.53. The van der Waals surface area contributed by atoms with Crippen molar-refractivity contribution in [1.82, 2.24) is 10.2 Å². The molecule has 0 bridgehead atoms. The van der Waals surface area contributed by atoms with E-state index < -0.39 is 0 Å². The van der Waals surface area contributed by atoms with Crippen molar-refractivity contribution in [2.45, 2.75) is 32.7 Å². The third-order valence-corrected chi connectivity index (χ3v) is 3.64. The summed E-state index contributed by atoms with van der Waals surface area (Å²) in [7, 11) is 0. The number of nitrogens with zero attached hydrogens (tertiary/aromatic N) is 1. The van der Waals surface area contributed by atoms with Gasteiger partial charge in [0.05, 0.1) is 0 Å². The number of ether oxygens (including phenoxy) is 1. The van der Waals surface area contributed by atoms with E-state index in [1.54, 1.807) is 0 Å². The van der Waals surface area contributed by atoms with Crippen LogP contribution in [-0.2, 0) is 6.54 Å². The first-order valence-electron chi connectivity index (χ1n) is 7.57. The molecule has 3 nitrogen and oxygen atoms in total. The highest BCUT2D eigenvalue weighted by Crippen LogP contribution is 2.13. The molecular formula is C17H26N2O. The van der Waals surface area contributed by atoms with Crippen molar-refractivity contribution >= 4 is 0 Å². The maximum Gasteiger partial charge on any atom is 0.119 e. The Kier molecular flexibility index (Phi) is 5.93. The predicted molar refractivity (Wildman–Crippen MR) is 83.9 cm³/mol. The number of nitrogens with one attached hydrogen (secondary N) is 1. The molecule has 1 aromatic carbocycles. The number of likely N-dealkylation sites (tertiary alicyclic amines) is 1. The summed E-state index contributed by atoms with van der Waals surface area (Å²) in [5, 5.41) is 3.23. The van der Waals surface area contributed by atoms with Crippen molar-refractivity contribution in [3.8, 4) is 5.75 Å². The minimum Gasteiger partial charge on any atom is -0.492 e. The standard InChI is InChI=1S/C17H26N2O/c1-15(2)18-14-16-6-8-17(9-7-16)20-13-12-19-10-4-3-5-11-19/h6-9,18H,1,3-5,10-14H2,2H3. The minimum absolute atomic E-state index is 0.781. The zero-order valence-corrected chi connectivity index (χ0v) is 12.5. The van der Waals surface area contributed by atoms with Crippen molar-refractivity contribution < 1.29 is 4.74 Å². The molecule has 0 aliphatic carbocycles. The van der Waals surface area contributed by atoms with Crippen molar-refractivity contribution in [3.05, 3.63) is 42.1 Å². The summed E-state index contributed by atoms with van der Waals surface area (Å²) < 4.78 is 5.81. The zero-order chi connectivity index (χ0) is 14.2. The van der Waals surface area contributed by atoms with Gasteiger partial charge >= 0.3 is 0 Å². The highest BCUT2D eigenvalue weighted by atomic mass is 16.5. The quantitative estimate of drug-likeness (QED) is 0.826. The van der Waals surface area contributed by atoms with Gasteiger partial charge in [0.2, 0.25) is 0 Å². The van der Waals surface area contributed by atoms with Gasteiger partial charge in [-0.3, -0.25) is 4.90 Å². The predicted octanol–water partition coefficient (Wildman–Crippen LogP) is 3.17. The van der Waals surface area contributed by atoms with E-state index in [-0.39, 0.29) is 0 Å². The summed E-state index contributed by atoms with van der Waals surface area (Å²) in [5.74, 6) is 0.959. The topological polar surface area (TPSA) is 24.5 Å². The summed E-state index contributed by atoms with van der Waals surface area (Å²) in [6.45, 7) is 10.9. The van der Waals surface area contributed by atoms with E-state index in [1.165, 1.54) is 37.9 Å². The molecule has 0 unspecified atom stereocenters. The van der Waals surface area contributed by atoms with Crippen LogP contribution in [0.5, 0.6) is 5.75 Å². The lowest BCUT2D eigenvalue weighted by atomic mass is 10.1. The summed E-state index contributed by atoms with van der Waals surface area (Å²) in [4.78, 5) is 2.49. The number of benzene rings is 1. The van der Waals surface area contributed by atoms with Gasteiger partial charge in [-0.2, -0.15) is 0 Å². The molecule has 1 heterocycles. The first-order valence-corrected chi connectivity index (χ1v) is 7.57. The Balaban J connectivity index is 1.69. The van der Waals surface area contributed by atoms with E-state index in [1.807, 2.05) is 19.1 Å². The molecule has 1 N–H and O–H groups in total. The molecule has 1 aromatic rings. The minimum atomic E-state index is 0.781. The molecule has 1 fully saturated rings. The maximum absolute atomic E-state index is 5.81. The van der Waals surface area contributed by atoms with Crippen molar-refractivity contribution in [1.29, 1.82) is 0 Å². The number of piperidine rings is 1. The van der Waals surface area contributed by atoms with Gasteiger partial charge in [0.1, 0.15) is 12.4 Å². The first kappa shape index (κ1) is 14.9. The second-order valence-electron chi connectivity index (χ2n) is 5.53. The average molecular weight is 274 g/mol. The zero-order valence-electron chi connectivity index (χ0n) is 12.5. The number of allylic oxidation sites excluding steroid dienone is 1. The Morgan fingerprint density at radius 3 is 2.55 bits per heavy atom. The van der Waals surface area contributed by atoms with E-state index in [0.717, 1.165) is 31.1 Å². The lowest BCUT2D eigenvalue weighted by molar-refractivity contribution is 0.183. The van der Waals surface area contributed by atoms with Crippen LogP contribution in [0.15, 0.2) is 36.5 Å². The van der Waals surface area contributed by atoms with Gasteiger partial charge in [-0.1, -0.05) is 25.1 Å². The van der Waals surface area contributed by atoms with Crippen LogP contribution in [0.4, 0.5) is 0 Å². The Bertz CT molecular complexity index is 408. The molecule has 0 radical (unpaired) electrons. The van der Waals surface area contributed by atoms with Crippen LogP contribution < -0.4 is 10.1 Å². The van der Waals surface area contributed by atoms with Gasteiger partial charge in [-0.05, 0) is 50.6 Å². The van der Waals surface area contributed by atoms with Gasteiger partial charge in [-0.25, -0.2) is 0 Å². The molecule has 0 spiro atoms. The van der Waals surface area contributed by atoms with E-state index in [9.17, 15) is 0 Å². The van der Waals surface area contributed by atoms with Gasteiger partial charge in [0, 0.05) is 18.8 Å². The third kappa shape index (κ3) is 5.25. The average Bonchev–Trinajstić information content (AvgIpc) is 2.47. The van der Waals surface area contributed by atoms with Crippen molar-refractivity contribution in [2.24, 2.45) is 0 Å². The van der Waals surface area contributed by atoms with Crippen LogP contribution in [0.25, 0.3) is 0 Å². The third-order valence-electron chi connectivity index (χ3n) is 3.64. The molecule has 0 amide bonds. The Morgan fingerprint density at radius 1 is 1.20 bits per heavy atom. The second kappa shape index (κ2) is 7.95. The van der Waals surface area contributed by atoms with Gasteiger partial charge in [0.15, 0.2) is 0 Å². The van der Waals surface area contributed by atoms with Gasteiger partial charge in [0.25, 0.3) is 0 Å². The van der Waals surface area contributed by atoms with E-state index in [4.69, 9.17) is 4.74 Å². The molecular weight excluding hydrogens is 248 g/mol. The summed E-state index contributed by atoms with van der Waals surface area (Å²) >= 11 is 0. The SMILES string of the molecule is C=C(C)NCc1ccc(OCCN2CCCCC2)cc1. The first-order chi connectivity index (χ1) is 9.74. The van der Waals surface area contributed by atoms with Gasteiger partial charge in [-0.15, -0.1) is 0 Å². The summed E-state index contributed by atoms with van der Waals surface area (Å²) in [6, 6.07) is 8.30. The van der Waals surface area contributed by atoms with E-state index in [2.05, 4.69) is 28.9 Å². The van der Waals surface area contributed by atoms with Crippen LogP contribution in [-0.4, -0.2) is 31.1 Å². The monoisotopic (exact) mass is 274 g/mol. The highest BCUT2D eigenvalue weighted by Gasteiger charge is 2.09. The van der Waals surface area contributed by atoms with Crippen LogP contribution >= 0.6 is 0 Å². The smallest absolute Gasteiger partial charge is 0.119 e. The van der Waals surface area contributed by atoms with Crippen LogP contribution in [0.1, 0.15) is 31.7 Å². The lowest BCUT2D eigenvalue weighted by Gasteiger charge is -2.26. The number of hydrogen-bond donors (Lipinski definition) is 1. The van der Waals surface area contributed by atoms with Crippen molar-refractivity contribution in [3.63, 3.8) is 0 Å². The lowest BCUT2D eigenvalue weighted by Crippen LogP contribution is -2.33. The Labute approximate surface area is 122 Å². The van der Waals surface area contributed by atoms with Crippen LogP contribution in [0, 0.1) is 0 Å². The summed E-state index contributed by atoms with van der Waals surface area (Å²) in [6.07, 6.45) is 4.06. The molecule has 1 saturated heterocycles.